The highest BCUT2D eigenvalue weighted by Crippen LogP contribution is 2.43. The maximum Gasteiger partial charge on any atom is 0.0539 e. The fourth-order valence-electron chi connectivity index (χ4n) is 9.08. The number of benzene rings is 9. The zero-order valence-electron chi connectivity index (χ0n) is 35.3. The molecule has 304 valence electrons. The second-order valence-corrected chi connectivity index (χ2v) is 17.2. The van der Waals surface area contributed by atoms with Gasteiger partial charge in [-0.05, 0) is 99.6 Å². The molecule has 0 bridgehead atoms. The van der Waals surface area contributed by atoms with Crippen LogP contribution < -0.4 is 4.90 Å². The van der Waals surface area contributed by atoms with Crippen LogP contribution in [0.25, 0.3) is 80.9 Å². The van der Waals surface area contributed by atoms with Crippen molar-refractivity contribution < 1.29 is 0 Å². The molecular formula is C61H44N2S. The average Bonchev–Trinajstić information content (AvgIpc) is 3.89. The van der Waals surface area contributed by atoms with Gasteiger partial charge in [-0.2, -0.15) is 0 Å². The molecule has 2 aromatic heterocycles. The van der Waals surface area contributed by atoms with E-state index in [0.717, 1.165) is 34.7 Å². The summed E-state index contributed by atoms with van der Waals surface area (Å²) in [4.78, 5) is 2.37. The molecule has 0 aliphatic rings. The Bertz CT molecular complexity index is 3420. The first-order valence-electron chi connectivity index (χ1n) is 21.8. The summed E-state index contributed by atoms with van der Waals surface area (Å²) in [7, 11) is 0. The van der Waals surface area contributed by atoms with Crippen LogP contribution >= 0.6 is 11.3 Å². The van der Waals surface area contributed by atoms with Crippen LogP contribution in [0.15, 0.2) is 249 Å². The Balaban J connectivity index is 0.917. The van der Waals surface area contributed by atoms with Gasteiger partial charge in [0, 0.05) is 65.5 Å². The molecule has 0 fully saturated rings. The molecule has 64 heavy (non-hydrogen) atoms. The van der Waals surface area contributed by atoms with Gasteiger partial charge in [0.2, 0.25) is 0 Å². The first-order chi connectivity index (χ1) is 31.7. The number of hydrogen-bond acceptors (Lipinski definition) is 2. The Morgan fingerprint density at radius 3 is 1.61 bits per heavy atom. The lowest BCUT2D eigenvalue weighted by molar-refractivity contribution is 0.899. The molecule has 9 aromatic carbocycles. The van der Waals surface area contributed by atoms with Gasteiger partial charge >= 0.3 is 0 Å². The van der Waals surface area contributed by atoms with E-state index in [4.69, 9.17) is 0 Å². The lowest BCUT2D eigenvalue weighted by Crippen LogP contribution is -2.11. The second kappa shape index (κ2) is 17.1. The summed E-state index contributed by atoms with van der Waals surface area (Å²) in [6.07, 6.45) is 8.64. The molecule has 0 amide bonds. The van der Waals surface area contributed by atoms with Crippen molar-refractivity contribution in [1.82, 2.24) is 4.57 Å². The summed E-state index contributed by atoms with van der Waals surface area (Å²) in [5.41, 5.74) is 15.0. The number of aromatic nitrogens is 1. The van der Waals surface area contributed by atoms with Crippen LogP contribution in [0.4, 0.5) is 17.1 Å². The fourth-order valence-corrected chi connectivity index (χ4v) is 10.2. The molecule has 0 spiro atoms. The topological polar surface area (TPSA) is 8.17 Å². The van der Waals surface area contributed by atoms with Crippen LogP contribution in [-0.2, 0) is 6.54 Å². The maximum absolute atomic E-state index is 4.63. The molecule has 0 aliphatic heterocycles. The quantitative estimate of drug-likeness (QED) is 0.118. The van der Waals surface area contributed by atoms with Crippen molar-refractivity contribution in [3.05, 3.63) is 255 Å². The third-order valence-corrected chi connectivity index (χ3v) is 13.4. The van der Waals surface area contributed by atoms with Gasteiger partial charge in [-0.25, -0.2) is 0 Å². The van der Waals surface area contributed by atoms with Crippen molar-refractivity contribution in [3.8, 4) is 33.4 Å². The largest absolute Gasteiger partial charge is 0.337 e. The van der Waals surface area contributed by atoms with Crippen LogP contribution in [0.2, 0.25) is 0 Å². The van der Waals surface area contributed by atoms with E-state index in [-0.39, 0.29) is 0 Å². The molecule has 2 nitrogen and oxygen atoms in total. The van der Waals surface area contributed by atoms with Crippen LogP contribution in [-0.4, -0.2) is 4.57 Å². The first kappa shape index (κ1) is 38.9. The van der Waals surface area contributed by atoms with Crippen molar-refractivity contribution >= 4 is 76.0 Å². The summed E-state index contributed by atoms with van der Waals surface area (Å²) < 4.78 is 4.99. The Kier molecular flexibility index (Phi) is 10.4. The Morgan fingerprint density at radius 2 is 0.953 bits per heavy atom. The summed E-state index contributed by atoms with van der Waals surface area (Å²) >= 11 is 1.84. The minimum absolute atomic E-state index is 0.732. The number of rotatable bonds is 11. The molecule has 0 radical (unpaired) electrons. The standard InChI is InChI=1S/C61H44N2S/c1-43(18-6-5-17-39-62-57-37-31-48(45-21-9-3-10-22-45)40-55(57)56-41-49(32-38-58(56)62)46-23-11-4-12-24-46)52-25-13-15-27-59(52)63(50-33-29-47(30-34-50)44-19-7-2-8-20-44)51-35-36-54-53-26-14-16-28-60(53)64-61(54)42-51/h2-38,40-42H,1,39H2/b17-5-,18-6-. The monoisotopic (exact) mass is 836 g/mol. The number of anilines is 3. The zero-order chi connectivity index (χ0) is 42.8. The van der Waals surface area contributed by atoms with Crippen molar-refractivity contribution in [1.29, 1.82) is 0 Å². The van der Waals surface area contributed by atoms with E-state index in [9.17, 15) is 0 Å². The number of hydrogen-bond donors (Lipinski definition) is 0. The first-order valence-corrected chi connectivity index (χ1v) is 22.6. The molecule has 11 aromatic rings. The van der Waals surface area contributed by atoms with Crippen molar-refractivity contribution in [3.63, 3.8) is 0 Å². The SMILES string of the molecule is C=C(/C=C\C=C/Cn1c2ccc(-c3ccccc3)cc2c2cc(-c3ccccc3)ccc21)c1ccccc1N(c1ccc(-c2ccccc2)cc1)c1ccc2c(c1)sc1ccccc12. The maximum atomic E-state index is 4.63. The van der Waals surface area contributed by atoms with Gasteiger partial charge in [-0.1, -0.05) is 189 Å². The van der Waals surface area contributed by atoms with Gasteiger partial charge < -0.3 is 9.47 Å². The molecular weight excluding hydrogens is 793 g/mol. The number of nitrogens with zero attached hydrogens (tertiary/aromatic N) is 2. The number of allylic oxidation sites excluding steroid dienone is 5. The number of fused-ring (bicyclic) bond motifs is 6. The molecule has 0 aliphatic carbocycles. The predicted octanol–water partition coefficient (Wildman–Crippen LogP) is 17.5. The highest BCUT2D eigenvalue weighted by Gasteiger charge is 2.19. The molecule has 0 N–H and O–H groups in total. The normalized spacial score (nSPS) is 11.8. The van der Waals surface area contributed by atoms with Crippen molar-refractivity contribution in [2.45, 2.75) is 6.54 Å². The van der Waals surface area contributed by atoms with Crippen molar-refractivity contribution in [2.24, 2.45) is 0 Å². The van der Waals surface area contributed by atoms with E-state index >= 15 is 0 Å². The zero-order valence-corrected chi connectivity index (χ0v) is 36.1. The van der Waals surface area contributed by atoms with E-state index in [1.807, 2.05) is 11.3 Å². The van der Waals surface area contributed by atoms with E-state index in [2.05, 4.69) is 259 Å². The lowest BCUT2D eigenvalue weighted by atomic mass is 10.0. The molecule has 0 atom stereocenters. The fraction of sp³-hybridized carbons (Fsp3) is 0.0164. The molecule has 0 saturated carbocycles. The van der Waals surface area contributed by atoms with Crippen LogP contribution in [0.3, 0.4) is 0 Å². The number of thiophene rings is 1. The van der Waals surface area contributed by atoms with Gasteiger partial charge in [0.05, 0.1) is 5.69 Å². The number of para-hydroxylation sites is 1. The van der Waals surface area contributed by atoms with E-state index < -0.39 is 0 Å². The van der Waals surface area contributed by atoms with Crippen LogP contribution in [0.1, 0.15) is 5.56 Å². The molecule has 2 heterocycles. The third-order valence-electron chi connectivity index (χ3n) is 12.3. The second-order valence-electron chi connectivity index (χ2n) is 16.2. The van der Waals surface area contributed by atoms with Gasteiger partial charge in [-0.15, -0.1) is 11.3 Å². The summed E-state index contributed by atoms with van der Waals surface area (Å²) in [6.45, 7) is 5.37. The van der Waals surface area contributed by atoms with E-state index in [1.54, 1.807) is 0 Å². The molecule has 11 rings (SSSR count). The summed E-state index contributed by atoms with van der Waals surface area (Å²) in [5.74, 6) is 0. The average molecular weight is 837 g/mol. The molecule has 0 unspecified atom stereocenters. The van der Waals surface area contributed by atoms with E-state index in [1.165, 1.54) is 75.4 Å². The van der Waals surface area contributed by atoms with E-state index in [0.29, 0.717) is 0 Å². The third kappa shape index (κ3) is 7.42. The van der Waals surface area contributed by atoms with Gasteiger partial charge in [0.1, 0.15) is 0 Å². The predicted molar refractivity (Wildman–Crippen MR) is 277 cm³/mol. The van der Waals surface area contributed by atoms with Gasteiger partial charge in [0.25, 0.3) is 0 Å². The highest BCUT2D eigenvalue weighted by molar-refractivity contribution is 7.25. The lowest BCUT2D eigenvalue weighted by Gasteiger charge is -2.28. The molecule has 3 heteroatoms. The summed E-state index contributed by atoms with van der Waals surface area (Å²) in [5, 5.41) is 5.10. The van der Waals surface area contributed by atoms with Crippen LogP contribution in [0, 0.1) is 0 Å². The van der Waals surface area contributed by atoms with Crippen LogP contribution in [0.5, 0.6) is 0 Å². The minimum atomic E-state index is 0.732. The van der Waals surface area contributed by atoms with Gasteiger partial charge in [0.15, 0.2) is 0 Å². The molecule has 0 saturated heterocycles. The van der Waals surface area contributed by atoms with Gasteiger partial charge in [-0.3, -0.25) is 0 Å². The summed E-state index contributed by atoms with van der Waals surface area (Å²) in [6, 6.07) is 78.7. The smallest absolute Gasteiger partial charge is 0.0539 e. The highest BCUT2D eigenvalue weighted by atomic mass is 32.1. The Hall–Kier alpha value is -7.98. The van der Waals surface area contributed by atoms with Crippen molar-refractivity contribution in [2.75, 3.05) is 4.90 Å². The Morgan fingerprint density at radius 1 is 0.438 bits per heavy atom. The Labute approximate surface area is 378 Å². The minimum Gasteiger partial charge on any atom is -0.337 e.